The third-order valence-electron chi connectivity index (χ3n) is 7.18. The van der Waals surface area contributed by atoms with Gasteiger partial charge in [-0.1, -0.05) is 90.0 Å². The minimum atomic E-state index is 0.258. The average Bonchev–Trinajstić information content (AvgIpc) is 2.80. The van der Waals surface area contributed by atoms with Gasteiger partial charge in [0.15, 0.2) is 0 Å². The van der Waals surface area contributed by atoms with Gasteiger partial charge in [0.2, 0.25) is 0 Å². The van der Waals surface area contributed by atoms with Crippen LogP contribution in [-0.4, -0.2) is 30.1 Å². The van der Waals surface area contributed by atoms with Crippen molar-refractivity contribution in [2.45, 2.75) is 51.4 Å². The van der Waals surface area contributed by atoms with Crippen molar-refractivity contribution in [2.24, 2.45) is 5.92 Å². The fourth-order valence-corrected chi connectivity index (χ4v) is 5.92. The summed E-state index contributed by atoms with van der Waals surface area (Å²) in [6.07, 6.45) is 2.77. The van der Waals surface area contributed by atoms with Crippen molar-refractivity contribution in [3.8, 4) is 0 Å². The maximum absolute atomic E-state index is 6.81. The molecule has 2 heteroatoms. The molecule has 3 heterocycles. The van der Waals surface area contributed by atoms with Crippen LogP contribution in [0, 0.1) is 19.8 Å². The van der Waals surface area contributed by atoms with Gasteiger partial charge in [0.25, 0.3) is 0 Å². The van der Waals surface area contributed by atoms with Crippen molar-refractivity contribution in [3.05, 3.63) is 107 Å². The van der Waals surface area contributed by atoms with Gasteiger partial charge in [0.1, 0.15) is 0 Å². The van der Waals surface area contributed by atoms with Crippen LogP contribution in [0.3, 0.4) is 0 Å². The van der Waals surface area contributed by atoms with Crippen molar-refractivity contribution in [1.29, 1.82) is 0 Å². The molecule has 3 aliphatic heterocycles. The standard InChI is InChI=1S/C29H33NO/c1-21-17-22(2)19-23(18-21)20-31-29-26-13-15-30(16-14-26)28(29)27(24-9-5-3-6-10-24)25-11-7-4-8-12-25/h3-12,17-19,26-29H,13-16,20H2,1-2H3/t28-,29-/m1/s1. The number of fused-ring (bicyclic) bond motifs is 3. The van der Waals surface area contributed by atoms with E-state index < -0.39 is 0 Å². The Bertz CT molecular complexity index is 932. The molecule has 3 aromatic rings. The first-order valence-electron chi connectivity index (χ1n) is 11.7. The summed E-state index contributed by atoms with van der Waals surface area (Å²) in [5.74, 6) is 0.977. The maximum Gasteiger partial charge on any atom is 0.0773 e. The van der Waals surface area contributed by atoms with Crippen molar-refractivity contribution >= 4 is 0 Å². The summed E-state index contributed by atoms with van der Waals surface area (Å²) in [6, 6.07) is 29.3. The van der Waals surface area contributed by atoms with E-state index in [1.165, 1.54) is 53.7 Å². The minimum absolute atomic E-state index is 0.258. The Morgan fingerprint density at radius 1 is 0.806 bits per heavy atom. The number of aryl methyl sites for hydroxylation is 2. The van der Waals surface area contributed by atoms with Gasteiger partial charge in [0, 0.05) is 12.0 Å². The van der Waals surface area contributed by atoms with Gasteiger partial charge in [-0.05, 0) is 62.4 Å². The summed E-state index contributed by atoms with van der Waals surface area (Å²) in [5, 5.41) is 0. The Morgan fingerprint density at radius 2 is 1.35 bits per heavy atom. The summed E-state index contributed by atoms with van der Waals surface area (Å²) in [7, 11) is 0. The summed E-state index contributed by atoms with van der Waals surface area (Å²) in [6.45, 7) is 7.43. The fourth-order valence-electron chi connectivity index (χ4n) is 5.92. The monoisotopic (exact) mass is 411 g/mol. The van der Waals surface area contributed by atoms with Crippen LogP contribution in [0.15, 0.2) is 78.9 Å². The quantitative estimate of drug-likeness (QED) is 0.485. The van der Waals surface area contributed by atoms with Gasteiger partial charge in [-0.25, -0.2) is 0 Å². The highest BCUT2D eigenvalue weighted by Crippen LogP contribution is 2.43. The topological polar surface area (TPSA) is 12.5 Å². The number of hydrogen-bond donors (Lipinski definition) is 0. The van der Waals surface area contributed by atoms with E-state index in [0.717, 1.165) is 0 Å². The molecule has 3 aliphatic rings. The molecule has 3 aromatic carbocycles. The number of nitrogens with zero attached hydrogens (tertiary/aromatic N) is 1. The Hall–Kier alpha value is -2.42. The molecule has 2 atom stereocenters. The van der Waals surface area contributed by atoms with E-state index in [1.807, 2.05) is 0 Å². The molecule has 0 saturated carbocycles. The lowest BCUT2D eigenvalue weighted by Crippen LogP contribution is -2.60. The van der Waals surface area contributed by atoms with Crippen molar-refractivity contribution < 1.29 is 4.74 Å². The van der Waals surface area contributed by atoms with Crippen molar-refractivity contribution in [1.82, 2.24) is 4.90 Å². The zero-order valence-electron chi connectivity index (χ0n) is 18.7. The lowest BCUT2D eigenvalue weighted by Gasteiger charge is -2.53. The van der Waals surface area contributed by atoms with E-state index in [-0.39, 0.29) is 6.10 Å². The van der Waals surface area contributed by atoms with E-state index in [2.05, 4.69) is 97.6 Å². The molecule has 0 radical (unpaired) electrons. The van der Waals surface area contributed by atoms with Gasteiger partial charge in [-0.3, -0.25) is 4.90 Å². The predicted molar refractivity (Wildman–Crippen MR) is 127 cm³/mol. The van der Waals surface area contributed by atoms with Crippen LogP contribution in [0.5, 0.6) is 0 Å². The lowest BCUT2D eigenvalue weighted by molar-refractivity contribution is -0.120. The van der Waals surface area contributed by atoms with Crippen LogP contribution < -0.4 is 0 Å². The summed E-state index contributed by atoms with van der Waals surface area (Å²) in [5.41, 5.74) is 6.71. The molecule has 160 valence electrons. The van der Waals surface area contributed by atoms with Crippen LogP contribution in [0.2, 0.25) is 0 Å². The first kappa shape index (κ1) is 20.5. The molecule has 0 aromatic heterocycles. The highest BCUT2D eigenvalue weighted by atomic mass is 16.5. The van der Waals surface area contributed by atoms with Gasteiger partial charge >= 0.3 is 0 Å². The highest BCUT2D eigenvalue weighted by molar-refractivity contribution is 5.36. The van der Waals surface area contributed by atoms with Crippen molar-refractivity contribution in [3.63, 3.8) is 0 Å². The average molecular weight is 412 g/mol. The molecule has 31 heavy (non-hydrogen) atoms. The number of rotatable bonds is 6. The molecular formula is C29H33NO. The third-order valence-corrected chi connectivity index (χ3v) is 7.18. The predicted octanol–water partition coefficient (Wildman–Crippen LogP) is 6.11. The van der Waals surface area contributed by atoms with Crippen LogP contribution in [0.4, 0.5) is 0 Å². The first-order valence-corrected chi connectivity index (χ1v) is 11.7. The molecule has 3 fully saturated rings. The van der Waals surface area contributed by atoms with Crippen LogP contribution in [0.1, 0.15) is 46.6 Å². The minimum Gasteiger partial charge on any atom is -0.372 e. The van der Waals surface area contributed by atoms with E-state index in [0.29, 0.717) is 24.5 Å². The maximum atomic E-state index is 6.81. The zero-order chi connectivity index (χ0) is 21.2. The Morgan fingerprint density at radius 3 is 1.90 bits per heavy atom. The molecule has 0 N–H and O–H groups in total. The Labute approximate surface area is 186 Å². The second-order valence-electron chi connectivity index (χ2n) is 9.43. The van der Waals surface area contributed by atoms with Crippen LogP contribution >= 0.6 is 0 Å². The second-order valence-corrected chi connectivity index (χ2v) is 9.43. The van der Waals surface area contributed by atoms with E-state index in [1.54, 1.807) is 0 Å². The molecular weight excluding hydrogens is 378 g/mol. The van der Waals surface area contributed by atoms with Gasteiger partial charge < -0.3 is 4.74 Å². The fraction of sp³-hybridized carbons (Fsp3) is 0.379. The number of ether oxygens (including phenoxy) is 1. The highest BCUT2D eigenvalue weighted by Gasteiger charge is 2.47. The van der Waals surface area contributed by atoms with Gasteiger partial charge in [-0.2, -0.15) is 0 Å². The smallest absolute Gasteiger partial charge is 0.0773 e. The zero-order valence-corrected chi connectivity index (χ0v) is 18.7. The molecule has 2 nitrogen and oxygen atoms in total. The number of benzene rings is 3. The largest absolute Gasteiger partial charge is 0.372 e. The SMILES string of the molecule is Cc1cc(C)cc(CO[C@@H]2C3CCN(CC3)[C@@H]2C(c2ccccc2)c2ccccc2)c1. The first-order chi connectivity index (χ1) is 15.2. The second kappa shape index (κ2) is 8.98. The molecule has 0 unspecified atom stereocenters. The molecule has 0 aliphatic carbocycles. The Balaban J connectivity index is 1.49. The van der Waals surface area contributed by atoms with E-state index in [4.69, 9.17) is 4.74 Å². The number of piperidine rings is 3. The van der Waals surface area contributed by atoms with Crippen molar-refractivity contribution in [2.75, 3.05) is 13.1 Å². The number of hydrogen-bond acceptors (Lipinski definition) is 2. The Kier molecular flexibility index (Phi) is 5.93. The van der Waals surface area contributed by atoms with Crippen LogP contribution in [-0.2, 0) is 11.3 Å². The van der Waals surface area contributed by atoms with Crippen LogP contribution in [0.25, 0.3) is 0 Å². The lowest BCUT2D eigenvalue weighted by atomic mass is 9.72. The van der Waals surface area contributed by atoms with Gasteiger partial charge in [-0.15, -0.1) is 0 Å². The van der Waals surface area contributed by atoms with E-state index in [9.17, 15) is 0 Å². The summed E-state index contributed by atoms with van der Waals surface area (Å²) < 4.78 is 6.81. The normalized spacial score (nSPS) is 25.1. The molecule has 6 rings (SSSR count). The molecule has 0 amide bonds. The summed E-state index contributed by atoms with van der Waals surface area (Å²) in [4.78, 5) is 2.71. The van der Waals surface area contributed by atoms with Gasteiger partial charge in [0.05, 0.1) is 12.7 Å². The molecule has 3 saturated heterocycles. The third kappa shape index (κ3) is 4.33. The molecule has 0 spiro atoms. The summed E-state index contributed by atoms with van der Waals surface area (Å²) >= 11 is 0. The molecule has 2 bridgehead atoms. The van der Waals surface area contributed by atoms with E-state index >= 15 is 0 Å².